The third kappa shape index (κ3) is 4.24. The highest BCUT2D eigenvalue weighted by Gasteiger charge is 2.39. The molecule has 1 fully saturated rings. The van der Waals surface area contributed by atoms with Gasteiger partial charge in [-0.05, 0) is 31.2 Å². The van der Waals surface area contributed by atoms with E-state index in [1.54, 1.807) is 0 Å². The van der Waals surface area contributed by atoms with Crippen molar-refractivity contribution < 1.29 is 34.0 Å². The molecule has 2 aromatic carbocycles. The summed E-state index contributed by atoms with van der Waals surface area (Å²) >= 11 is 0. The number of sulfonamides is 1. The Kier molecular flexibility index (Phi) is 6.54. The van der Waals surface area contributed by atoms with Gasteiger partial charge >= 0.3 is 6.18 Å². The summed E-state index contributed by atoms with van der Waals surface area (Å²) in [5.74, 6) is 0.742. The molecule has 0 atom stereocenters. The Hall–Kier alpha value is -2.30. The van der Waals surface area contributed by atoms with E-state index in [-0.39, 0.29) is 25.5 Å². The van der Waals surface area contributed by atoms with Crippen LogP contribution in [0.1, 0.15) is 12.5 Å². The molecular weight excluding hydrogens is 453 g/mol. The number of alkyl halides is 3. The number of aromatic nitrogens is 2. The van der Waals surface area contributed by atoms with E-state index in [4.69, 9.17) is 0 Å². The molecule has 2 heterocycles. The van der Waals surface area contributed by atoms with E-state index in [1.807, 2.05) is 36.1 Å². The van der Waals surface area contributed by atoms with E-state index < -0.39 is 26.7 Å². The topological polar surface area (TPSA) is 58.4 Å². The van der Waals surface area contributed by atoms with E-state index >= 15 is 0 Å². The maximum atomic E-state index is 13.3. The zero-order valence-electron chi connectivity index (χ0n) is 16.7. The Morgan fingerprint density at radius 1 is 0.968 bits per heavy atom. The Labute approximate surface area is 184 Å². The van der Waals surface area contributed by atoms with Gasteiger partial charge in [-0.15, -0.1) is 0 Å². The van der Waals surface area contributed by atoms with Gasteiger partial charge < -0.3 is 21.9 Å². The van der Waals surface area contributed by atoms with Crippen LogP contribution in [0.4, 0.5) is 19.1 Å². The number of rotatable bonds is 4. The average molecular weight is 474 g/mol. The second-order valence-electron chi connectivity index (χ2n) is 7.03. The molecule has 168 valence electrons. The Bertz CT molecular complexity index is 1170. The predicted molar refractivity (Wildman–Crippen MR) is 108 cm³/mol. The molecule has 0 amide bonds. The minimum absolute atomic E-state index is 0. The molecule has 0 unspecified atom stereocenters. The highest BCUT2D eigenvalue weighted by atomic mass is 35.5. The van der Waals surface area contributed by atoms with Gasteiger partial charge in [-0.2, -0.15) is 17.5 Å². The van der Waals surface area contributed by atoms with Gasteiger partial charge in [-0.1, -0.05) is 24.3 Å². The summed E-state index contributed by atoms with van der Waals surface area (Å²) in [6.07, 6.45) is -4.74. The first-order valence-electron chi connectivity index (χ1n) is 9.60. The molecule has 1 saturated heterocycles. The lowest BCUT2D eigenvalue weighted by Crippen LogP contribution is -3.00. The maximum Gasteiger partial charge on any atom is 0.417 e. The zero-order valence-corrected chi connectivity index (χ0v) is 18.3. The number of nitrogens with zero attached hydrogens (tertiary/aromatic N) is 4. The van der Waals surface area contributed by atoms with Crippen LogP contribution in [-0.4, -0.2) is 48.5 Å². The van der Waals surface area contributed by atoms with E-state index in [0.29, 0.717) is 19.6 Å². The smallest absolute Gasteiger partial charge is 0.417 e. The van der Waals surface area contributed by atoms with Crippen molar-refractivity contribution in [1.82, 2.24) is 13.9 Å². The van der Waals surface area contributed by atoms with E-state index in [0.717, 1.165) is 33.4 Å². The summed E-state index contributed by atoms with van der Waals surface area (Å²) in [6.45, 7) is 3.57. The second-order valence-corrected chi connectivity index (χ2v) is 8.94. The van der Waals surface area contributed by atoms with Crippen LogP contribution >= 0.6 is 0 Å². The van der Waals surface area contributed by atoms with E-state index in [1.165, 1.54) is 12.1 Å². The number of hydrogen-bond donors (Lipinski definition) is 0. The summed E-state index contributed by atoms with van der Waals surface area (Å²) in [5, 5.41) is 0. The van der Waals surface area contributed by atoms with Crippen molar-refractivity contribution in [2.75, 3.05) is 31.1 Å². The van der Waals surface area contributed by atoms with Crippen LogP contribution in [0.2, 0.25) is 0 Å². The molecule has 0 aliphatic carbocycles. The van der Waals surface area contributed by atoms with Gasteiger partial charge in [0.25, 0.3) is 0 Å². The van der Waals surface area contributed by atoms with Gasteiger partial charge in [0.2, 0.25) is 16.0 Å². The van der Waals surface area contributed by atoms with Crippen molar-refractivity contribution in [3.8, 4) is 0 Å². The van der Waals surface area contributed by atoms with Crippen molar-refractivity contribution in [3.63, 3.8) is 0 Å². The monoisotopic (exact) mass is 473 g/mol. The summed E-state index contributed by atoms with van der Waals surface area (Å²) in [7, 11) is -4.26. The molecule has 1 aliphatic rings. The molecule has 0 saturated carbocycles. The molecule has 11 heteroatoms. The van der Waals surface area contributed by atoms with Crippen LogP contribution in [0.15, 0.2) is 53.4 Å². The Morgan fingerprint density at radius 2 is 1.58 bits per heavy atom. The fraction of sp³-hybridized carbons (Fsp3) is 0.350. The van der Waals surface area contributed by atoms with Crippen LogP contribution in [0.3, 0.4) is 0 Å². The summed E-state index contributed by atoms with van der Waals surface area (Å²) in [4.78, 5) is 5.95. The van der Waals surface area contributed by atoms with Gasteiger partial charge in [-0.25, -0.2) is 13.4 Å². The number of hydrogen-bond acceptors (Lipinski definition) is 4. The minimum atomic E-state index is -4.74. The largest absolute Gasteiger partial charge is 1.00 e. The first-order chi connectivity index (χ1) is 14.2. The molecule has 0 spiro atoms. The first-order valence-corrected chi connectivity index (χ1v) is 11.0. The molecule has 3 aromatic rings. The van der Waals surface area contributed by atoms with E-state index in [9.17, 15) is 21.6 Å². The standard InChI is InChI=1S/C20H21F3N4O2S.ClH/c1-2-27-17-9-5-4-8-16(17)24-19(27)25-11-13-26(14-12-25)30(28,29)18-10-6-3-7-15(18)20(21,22)23;/h3-10H,2,11-14H2,1H3;1H/p-1. The highest BCUT2D eigenvalue weighted by Crippen LogP contribution is 2.35. The lowest BCUT2D eigenvalue weighted by molar-refractivity contribution is -0.139. The number of benzene rings is 2. The van der Waals surface area contributed by atoms with Crippen LogP contribution in [0.5, 0.6) is 0 Å². The predicted octanol–water partition coefficient (Wildman–Crippen LogP) is 0.590. The second kappa shape index (κ2) is 8.68. The van der Waals surface area contributed by atoms with Gasteiger partial charge in [0.15, 0.2) is 0 Å². The van der Waals surface area contributed by atoms with Gasteiger partial charge in [0.05, 0.1) is 21.5 Å². The minimum Gasteiger partial charge on any atom is -1.00 e. The number of anilines is 1. The molecule has 31 heavy (non-hydrogen) atoms. The quantitative estimate of drug-likeness (QED) is 0.556. The lowest BCUT2D eigenvalue weighted by Gasteiger charge is -2.35. The summed E-state index contributed by atoms with van der Waals surface area (Å²) < 4.78 is 69.0. The van der Waals surface area contributed by atoms with Crippen molar-refractivity contribution >= 4 is 27.0 Å². The van der Waals surface area contributed by atoms with Crippen LogP contribution in [0, 0.1) is 0 Å². The SMILES string of the molecule is CCn1c(N2CCN(S(=O)(=O)c3ccccc3C(F)(F)F)CC2)nc2ccccc21.[Cl-]. The molecular formula is C20H21ClF3N4O2S-. The van der Waals surface area contributed by atoms with Crippen LogP contribution in [-0.2, 0) is 22.7 Å². The fourth-order valence-corrected chi connectivity index (χ4v) is 5.44. The third-order valence-corrected chi connectivity index (χ3v) is 7.24. The first kappa shape index (κ1) is 23.4. The van der Waals surface area contributed by atoms with Gasteiger partial charge in [0, 0.05) is 32.7 Å². The number of imidazole rings is 1. The number of aryl methyl sites for hydroxylation is 1. The Balaban J connectivity index is 0.00000272. The molecule has 0 N–H and O–H groups in total. The van der Waals surface area contributed by atoms with Crippen LogP contribution in [0.25, 0.3) is 11.0 Å². The molecule has 1 aliphatic heterocycles. The van der Waals surface area contributed by atoms with Crippen LogP contribution < -0.4 is 17.3 Å². The third-order valence-electron chi connectivity index (χ3n) is 5.28. The molecule has 1 aromatic heterocycles. The molecule has 6 nitrogen and oxygen atoms in total. The number of piperazine rings is 1. The van der Waals surface area contributed by atoms with Crippen molar-refractivity contribution in [2.24, 2.45) is 0 Å². The number of fused-ring (bicyclic) bond motifs is 1. The fourth-order valence-electron chi connectivity index (χ4n) is 3.81. The Morgan fingerprint density at radius 3 is 2.23 bits per heavy atom. The summed E-state index contributed by atoms with van der Waals surface area (Å²) in [6, 6.07) is 12.0. The maximum absolute atomic E-state index is 13.3. The lowest BCUT2D eigenvalue weighted by atomic mass is 10.2. The van der Waals surface area contributed by atoms with Gasteiger partial charge in [0.1, 0.15) is 0 Å². The normalized spacial score (nSPS) is 15.8. The highest BCUT2D eigenvalue weighted by molar-refractivity contribution is 7.89. The van der Waals surface area contributed by atoms with Crippen molar-refractivity contribution in [3.05, 3.63) is 54.1 Å². The molecule has 0 radical (unpaired) electrons. The molecule has 0 bridgehead atoms. The zero-order chi connectivity index (χ0) is 21.5. The van der Waals surface area contributed by atoms with E-state index in [2.05, 4.69) is 9.55 Å². The number of halogens is 4. The molecule has 4 rings (SSSR count). The van der Waals surface area contributed by atoms with Crippen molar-refractivity contribution in [1.29, 1.82) is 0 Å². The average Bonchev–Trinajstić information content (AvgIpc) is 3.12. The summed E-state index contributed by atoms with van der Waals surface area (Å²) in [5.41, 5.74) is 0.702. The van der Waals surface area contributed by atoms with Crippen molar-refractivity contribution in [2.45, 2.75) is 24.5 Å². The number of para-hydroxylation sites is 2. The van der Waals surface area contributed by atoms with Gasteiger partial charge in [-0.3, -0.25) is 0 Å².